The molecule has 2 heterocycles. The zero-order valence-corrected chi connectivity index (χ0v) is 14.6. The Balaban J connectivity index is 1.90. The van der Waals surface area contributed by atoms with E-state index in [2.05, 4.69) is 10.2 Å². The first kappa shape index (κ1) is 19.4. The molecule has 11 heteroatoms. The maximum atomic E-state index is 13.0. The number of alkyl halides is 6. The molecule has 0 unspecified atom stereocenters. The summed E-state index contributed by atoms with van der Waals surface area (Å²) in [5.74, 6) is 0.421. The summed E-state index contributed by atoms with van der Waals surface area (Å²) in [6, 6.07) is 4.76. The molecule has 4 nitrogen and oxygen atoms in total. The lowest BCUT2D eigenvalue weighted by molar-refractivity contribution is -0.519. The minimum Gasteiger partial charge on any atom is -0.293 e. The first-order valence-electron chi connectivity index (χ1n) is 7.62. The Morgan fingerprint density at radius 1 is 1.04 bits per heavy atom. The smallest absolute Gasteiger partial charge is 0.293 e. The summed E-state index contributed by atoms with van der Waals surface area (Å²) in [4.78, 5) is 1.58. The number of nitrogens with two attached hydrogens (primary N) is 1. The molecule has 2 aromatic rings. The van der Waals surface area contributed by atoms with Crippen molar-refractivity contribution >= 4 is 22.2 Å². The number of hydrogen-bond acceptors (Lipinski definition) is 4. The summed E-state index contributed by atoms with van der Waals surface area (Å²) >= 11 is 0.368. The highest BCUT2D eigenvalue weighted by Crippen LogP contribution is 2.34. The van der Waals surface area contributed by atoms with Gasteiger partial charge in [-0.2, -0.15) is 26.3 Å². The summed E-state index contributed by atoms with van der Waals surface area (Å²) in [6.45, 7) is 2.11. The van der Waals surface area contributed by atoms with Crippen molar-refractivity contribution < 1.29 is 31.7 Å². The van der Waals surface area contributed by atoms with E-state index in [0.717, 1.165) is 17.7 Å². The zero-order chi connectivity index (χ0) is 19.8. The SMILES string of the molecule is CC1=CC=C([NH2+]c2nnc(C(F)(F)F)s2)N(c2cccc(C(F)(F)F)c2)C1. The molecule has 27 heavy (non-hydrogen) atoms. The third-order valence-electron chi connectivity index (χ3n) is 3.70. The molecule has 1 aliphatic heterocycles. The Hall–Kier alpha value is -2.40. The second-order valence-corrected chi connectivity index (χ2v) is 6.84. The van der Waals surface area contributed by atoms with Crippen molar-refractivity contribution in [2.24, 2.45) is 0 Å². The van der Waals surface area contributed by atoms with Gasteiger partial charge < -0.3 is 0 Å². The molecule has 144 valence electrons. The second kappa shape index (κ2) is 6.97. The van der Waals surface area contributed by atoms with Crippen molar-refractivity contribution in [1.82, 2.24) is 10.2 Å². The minimum atomic E-state index is -4.60. The molecule has 0 atom stereocenters. The topological polar surface area (TPSA) is 45.6 Å². The van der Waals surface area contributed by atoms with Crippen LogP contribution in [0.2, 0.25) is 0 Å². The number of anilines is 1. The average molecular weight is 407 g/mol. The number of aromatic nitrogens is 2. The molecule has 0 radical (unpaired) electrons. The molecule has 0 spiro atoms. The van der Waals surface area contributed by atoms with E-state index in [1.54, 1.807) is 24.0 Å². The average Bonchev–Trinajstić information content (AvgIpc) is 3.05. The summed E-state index contributed by atoms with van der Waals surface area (Å²) < 4.78 is 77.0. The summed E-state index contributed by atoms with van der Waals surface area (Å²) in [5.41, 5.74) is 0.361. The molecule has 0 bridgehead atoms. The molecule has 0 saturated carbocycles. The Kier molecular flexibility index (Phi) is 5.00. The maximum absolute atomic E-state index is 13.0. The van der Waals surface area contributed by atoms with Gasteiger partial charge in [-0.15, -0.1) is 5.10 Å². The molecule has 1 aliphatic rings. The monoisotopic (exact) mass is 407 g/mol. The number of benzene rings is 1. The van der Waals surface area contributed by atoms with E-state index < -0.39 is 22.9 Å². The van der Waals surface area contributed by atoms with Crippen LogP contribution in [-0.4, -0.2) is 16.7 Å². The van der Waals surface area contributed by atoms with E-state index in [1.807, 2.05) is 0 Å². The first-order valence-corrected chi connectivity index (χ1v) is 8.43. The van der Waals surface area contributed by atoms with Crippen molar-refractivity contribution in [1.29, 1.82) is 0 Å². The molecule has 2 N–H and O–H groups in total. The van der Waals surface area contributed by atoms with Crippen LogP contribution in [-0.2, 0) is 12.4 Å². The van der Waals surface area contributed by atoms with Crippen LogP contribution in [0, 0.1) is 0 Å². The van der Waals surface area contributed by atoms with Gasteiger partial charge in [-0.3, -0.25) is 4.90 Å². The van der Waals surface area contributed by atoms with E-state index in [1.165, 1.54) is 17.4 Å². The lowest BCUT2D eigenvalue weighted by atomic mass is 10.1. The molecular formula is C16H13F6N4S+. The zero-order valence-electron chi connectivity index (χ0n) is 13.8. The highest BCUT2D eigenvalue weighted by atomic mass is 32.1. The van der Waals surface area contributed by atoms with Gasteiger partial charge in [0.15, 0.2) is 0 Å². The van der Waals surface area contributed by atoms with Crippen LogP contribution >= 0.6 is 11.3 Å². The largest absolute Gasteiger partial charge is 0.445 e. The summed E-state index contributed by atoms with van der Waals surface area (Å²) in [5, 5.41) is 6.92. The maximum Gasteiger partial charge on any atom is 0.445 e. The minimum absolute atomic E-state index is 0.0125. The Morgan fingerprint density at radius 2 is 1.78 bits per heavy atom. The number of rotatable bonds is 3. The normalized spacial score (nSPS) is 15.6. The molecule has 1 aromatic carbocycles. The predicted molar refractivity (Wildman–Crippen MR) is 87.1 cm³/mol. The van der Waals surface area contributed by atoms with Gasteiger partial charge in [0.2, 0.25) is 10.8 Å². The Morgan fingerprint density at radius 3 is 2.41 bits per heavy atom. The highest BCUT2D eigenvalue weighted by Gasteiger charge is 2.37. The van der Waals surface area contributed by atoms with E-state index in [0.29, 0.717) is 23.7 Å². The number of halogens is 6. The number of hydrogen-bond donors (Lipinski definition) is 1. The predicted octanol–water partition coefficient (Wildman–Crippen LogP) is 4.08. The summed E-state index contributed by atoms with van der Waals surface area (Å²) in [7, 11) is 0. The first-order chi connectivity index (χ1) is 12.5. The van der Waals surface area contributed by atoms with Gasteiger partial charge in [-0.1, -0.05) is 22.8 Å². The summed E-state index contributed by atoms with van der Waals surface area (Å²) in [6.07, 6.45) is -5.72. The lowest BCUT2D eigenvalue weighted by Crippen LogP contribution is -2.79. The van der Waals surface area contributed by atoms with Crippen molar-refractivity contribution in [2.75, 3.05) is 11.4 Å². The molecule has 1 aromatic heterocycles. The van der Waals surface area contributed by atoms with Gasteiger partial charge in [-0.25, -0.2) is 5.32 Å². The fourth-order valence-corrected chi connectivity index (χ4v) is 3.12. The van der Waals surface area contributed by atoms with Crippen LogP contribution in [0.15, 0.2) is 47.8 Å². The van der Waals surface area contributed by atoms with E-state index in [-0.39, 0.29) is 10.8 Å². The number of allylic oxidation sites excluding steroid dienone is 2. The molecule has 3 rings (SSSR count). The van der Waals surface area contributed by atoms with Crippen molar-refractivity contribution in [2.45, 2.75) is 19.3 Å². The van der Waals surface area contributed by atoms with Gasteiger partial charge in [0.1, 0.15) is 0 Å². The van der Waals surface area contributed by atoms with Crippen molar-refractivity contribution in [3.8, 4) is 0 Å². The lowest BCUT2D eigenvalue weighted by Gasteiger charge is -2.27. The molecule has 0 saturated heterocycles. The quantitative estimate of drug-likeness (QED) is 0.780. The Bertz CT molecular complexity index is 897. The standard InChI is InChI=1S/C16H12F6N4S/c1-9-5-6-12(23-14-25-24-13(27-14)16(20,21)22)26(8-9)11-4-2-3-10(7-11)15(17,18)19/h2-7H,8H2,1H3,(H,23,25)/p+1. The van der Waals surface area contributed by atoms with Gasteiger partial charge in [0.25, 0.3) is 0 Å². The third kappa shape index (κ3) is 4.48. The van der Waals surface area contributed by atoms with E-state index >= 15 is 0 Å². The second-order valence-electron chi connectivity index (χ2n) is 5.83. The van der Waals surface area contributed by atoms with Crippen LogP contribution < -0.4 is 10.2 Å². The van der Waals surface area contributed by atoms with Crippen LogP contribution in [0.4, 0.5) is 37.2 Å². The van der Waals surface area contributed by atoms with Crippen molar-refractivity contribution in [3.63, 3.8) is 0 Å². The van der Waals surface area contributed by atoms with Crippen LogP contribution in [0.1, 0.15) is 17.5 Å². The number of quaternary nitrogens is 1. The third-order valence-corrected chi connectivity index (χ3v) is 4.61. The fourth-order valence-electron chi connectivity index (χ4n) is 2.46. The molecule has 0 aliphatic carbocycles. The van der Waals surface area contributed by atoms with Gasteiger partial charge >= 0.3 is 17.5 Å². The van der Waals surface area contributed by atoms with E-state index in [9.17, 15) is 26.3 Å². The fraction of sp³-hybridized carbons (Fsp3) is 0.250. The van der Waals surface area contributed by atoms with Gasteiger partial charge in [0.05, 0.1) is 5.56 Å². The molecule has 0 amide bonds. The Labute approximate surface area is 153 Å². The van der Waals surface area contributed by atoms with Crippen LogP contribution in [0.3, 0.4) is 0 Å². The molecular weight excluding hydrogens is 394 g/mol. The van der Waals surface area contributed by atoms with Crippen molar-refractivity contribution in [3.05, 3.63) is 58.4 Å². The highest BCUT2D eigenvalue weighted by molar-refractivity contribution is 7.14. The van der Waals surface area contributed by atoms with Gasteiger partial charge in [-0.05, 0) is 36.5 Å². The molecule has 0 fully saturated rings. The van der Waals surface area contributed by atoms with Gasteiger partial charge in [0, 0.05) is 18.3 Å². The van der Waals surface area contributed by atoms with Crippen LogP contribution in [0.5, 0.6) is 0 Å². The number of nitrogens with zero attached hydrogens (tertiary/aromatic N) is 3. The van der Waals surface area contributed by atoms with Crippen LogP contribution in [0.25, 0.3) is 0 Å². The van der Waals surface area contributed by atoms with E-state index in [4.69, 9.17) is 0 Å².